The van der Waals surface area contributed by atoms with E-state index in [4.69, 9.17) is 32.7 Å². The van der Waals surface area contributed by atoms with Crippen molar-refractivity contribution >= 4 is 40.5 Å². The standard InChI is InChI=1S/C20H14Cl2N2O5/c1-28-14-4-6-15(7-5-14)29-19-9-2-12(21)10-18(19)23-20(25)16-11-13(24(26)27)3-8-17(16)22/h2-11H,1H3,(H,23,25). The van der Waals surface area contributed by atoms with Crippen molar-refractivity contribution in [2.24, 2.45) is 0 Å². The lowest BCUT2D eigenvalue weighted by Crippen LogP contribution is -2.13. The average molecular weight is 433 g/mol. The Bertz CT molecular complexity index is 1070. The van der Waals surface area contributed by atoms with E-state index in [-0.39, 0.29) is 22.0 Å². The number of rotatable bonds is 6. The second-order valence-electron chi connectivity index (χ2n) is 5.79. The van der Waals surface area contributed by atoms with Crippen LogP contribution in [0.3, 0.4) is 0 Å². The fraction of sp³-hybridized carbons (Fsp3) is 0.0500. The van der Waals surface area contributed by atoms with Crippen LogP contribution in [0.1, 0.15) is 10.4 Å². The lowest BCUT2D eigenvalue weighted by atomic mass is 10.1. The van der Waals surface area contributed by atoms with Gasteiger partial charge in [0, 0.05) is 17.2 Å². The summed E-state index contributed by atoms with van der Waals surface area (Å²) < 4.78 is 10.9. The van der Waals surface area contributed by atoms with Crippen LogP contribution in [0.2, 0.25) is 10.0 Å². The van der Waals surface area contributed by atoms with E-state index in [0.717, 1.165) is 6.07 Å². The zero-order chi connectivity index (χ0) is 21.0. The maximum Gasteiger partial charge on any atom is 0.270 e. The van der Waals surface area contributed by atoms with Gasteiger partial charge in [0.25, 0.3) is 11.6 Å². The zero-order valence-electron chi connectivity index (χ0n) is 15.0. The quantitative estimate of drug-likeness (QED) is 0.383. The van der Waals surface area contributed by atoms with E-state index < -0.39 is 10.8 Å². The number of nitrogens with zero attached hydrogens (tertiary/aromatic N) is 1. The molecule has 0 aliphatic carbocycles. The molecular weight excluding hydrogens is 419 g/mol. The molecule has 148 valence electrons. The summed E-state index contributed by atoms with van der Waals surface area (Å²) in [5.41, 5.74) is -0.0162. The number of amides is 1. The Balaban J connectivity index is 1.88. The van der Waals surface area contributed by atoms with Gasteiger partial charge in [0.15, 0.2) is 5.75 Å². The molecule has 0 radical (unpaired) electrons. The Hall–Kier alpha value is -3.29. The van der Waals surface area contributed by atoms with Gasteiger partial charge >= 0.3 is 0 Å². The van der Waals surface area contributed by atoms with Crippen molar-refractivity contribution in [3.8, 4) is 17.2 Å². The third-order valence-corrected chi connectivity index (χ3v) is 4.45. The van der Waals surface area contributed by atoms with E-state index in [1.807, 2.05) is 0 Å². The van der Waals surface area contributed by atoms with Gasteiger partial charge in [-0.15, -0.1) is 0 Å². The molecule has 3 aromatic rings. The van der Waals surface area contributed by atoms with E-state index in [1.165, 1.54) is 18.2 Å². The Morgan fingerprint density at radius 2 is 1.69 bits per heavy atom. The first-order valence-electron chi connectivity index (χ1n) is 8.24. The van der Waals surface area contributed by atoms with E-state index in [9.17, 15) is 14.9 Å². The first kappa shape index (κ1) is 20.4. The minimum Gasteiger partial charge on any atom is -0.497 e. The van der Waals surface area contributed by atoms with E-state index in [1.54, 1.807) is 43.5 Å². The van der Waals surface area contributed by atoms with E-state index in [2.05, 4.69) is 5.32 Å². The molecule has 0 bridgehead atoms. The number of carbonyl (C=O) groups excluding carboxylic acids is 1. The van der Waals surface area contributed by atoms with Crippen LogP contribution in [-0.2, 0) is 0 Å². The number of hydrogen-bond donors (Lipinski definition) is 1. The molecule has 0 fully saturated rings. The predicted octanol–water partition coefficient (Wildman–Crippen LogP) is 5.95. The summed E-state index contributed by atoms with van der Waals surface area (Å²) >= 11 is 12.1. The number of hydrogen-bond acceptors (Lipinski definition) is 5. The maximum absolute atomic E-state index is 12.7. The maximum atomic E-state index is 12.7. The summed E-state index contributed by atoms with van der Waals surface area (Å²) in [7, 11) is 1.56. The van der Waals surface area contributed by atoms with Crippen molar-refractivity contribution < 1.29 is 19.2 Å². The average Bonchev–Trinajstić information content (AvgIpc) is 2.70. The van der Waals surface area contributed by atoms with E-state index >= 15 is 0 Å². The third-order valence-electron chi connectivity index (χ3n) is 3.88. The summed E-state index contributed by atoms with van der Waals surface area (Å²) in [6.07, 6.45) is 0. The number of carbonyl (C=O) groups is 1. The number of nitro groups is 1. The topological polar surface area (TPSA) is 90.7 Å². The van der Waals surface area contributed by atoms with Crippen molar-refractivity contribution in [1.29, 1.82) is 0 Å². The van der Waals surface area contributed by atoms with E-state index in [0.29, 0.717) is 22.3 Å². The van der Waals surface area contributed by atoms with Gasteiger partial charge in [-0.25, -0.2) is 0 Å². The van der Waals surface area contributed by atoms with Crippen LogP contribution in [0.4, 0.5) is 11.4 Å². The van der Waals surface area contributed by atoms with Gasteiger partial charge in [0.2, 0.25) is 0 Å². The van der Waals surface area contributed by atoms with Crippen LogP contribution >= 0.6 is 23.2 Å². The lowest BCUT2D eigenvalue weighted by Gasteiger charge is -2.13. The Kier molecular flexibility index (Phi) is 6.21. The summed E-state index contributed by atoms with van der Waals surface area (Å²) in [6, 6.07) is 15.2. The largest absolute Gasteiger partial charge is 0.497 e. The minimum absolute atomic E-state index is 0.0451. The zero-order valence-corrected chi connectivity index (χ0v) is 16.5. The smallest absolute Gasteiger partial charge is 0.270 e. The highest BCUT2D eigenvalue weighted by atomic mass is 35.5. The molecule has 0 atom stereocenters. The van der Waals surface area contributed by atoms with Crippen molar-refractivity contribution in [3.05, 3.63) is 86.4 Å². The highest BCUT2D eigenvalue weighted by molar-refractivity contribution is 6.34. The molecule has 7 nitrogen and oxygen atoms in total. The van der Waals surface area contributed by atoms with Gasteiger partial charge < -0.3 is 14.8 Å². The highest BCUT2D eigenvalue weighted by Gasteiger charge is 2.18. The number of nitro benzene ring substituents is 1. The number of nitrogens with one attached hydrogen (secondary N) is 1. The number of halogens is 2. The van der Waals surface area contributed by atoms with Gasteiger partial charge in [-0.1, -0.05) is 23.2 Å². The Morgan fingerprint density at radius 3 is 2.34 bits per heavy atom. The minimum atomic E-state index is -0.638. The molecule has 0 aromatic heterocycles. The fourth-order valence-electron chi connectivity index (χ4n) is 2.45. The van der Waals surface area contributed by atoms with Crippen LogP contribution in [0.5, 0.6) is 17.2 Å². The number of benzene rings is 3. The Labute approximate surface area is 175 Å². The second-order valence-corrected chi connectivity index (χ2v) is 6.64. The molecule has 1 amide bonds. The fourth-order valence-corrected chi connectivity index (χ4v) is 2.83. The summed E-state index contributed by atoms with van der Waals surface area (Å²) in [5, 5.41) is 14.1. The number of anilines is 1. The van der Waals surface area contributed by atoms with Crippen molar-refractivity contribution in [2.75, 3.05) is 12.4 Å². The van der Waals surface area contributed by atoms with Crippen LogP contribution in [-0.4, -0.2) is 17.9 Å². The SMILES string of the molecule is COc1ccc(Oc2ccc(Cl)cc2NC(=O)c2cc([N+](=O)[O-])ccc2Cl)cc1. The van der Waals surface area contributed by atoms with Gasteiger partial charge in [-0.05, 0) is 48.5 Å². The molecule has 0 spiro atoms. The van der Waals surface area contributed by atoms with Crippen LogP contribution in [0.15, 0.2) is 60.7 Å². The van der Waals surface area contributed by atoms with Gasteiger partial charge in [-0.2, -0.15) is 0 Å². The molecule has 9 heteroatoms. The number of ether oxygens (including phenoxy) is 2. The normalized spacial score (nSPS) is 10.3. The second kappa shape index (κ2) is 8.81. The Morgan fingerprint density at radius 1 is 1.00 bits per heavy atom. The molecule has 0 aliphatic heterocycles. The molecule has 0 unspecified atom stereocenters. The van der Waals surface area contributed by atoms with Crippen LogP contribution < -0.4 is 14.8 Å². The summed E-state index contributed by atoms with van der Waals surface area (Å²) in [5.74, 6) is 0.870. The summed E-state index contributed by atoms with van der Waals surface area (Å²) in [4.78, 5) is 23.0. The van der Waals surface area contributed by atoms with Gasteiger partial charge in [-0.3, -0.25) is 14.9 Å². The predicted molar refractivity (Wildman–Crippen MR) is 111 cm³/mol. The van der Waals surface area contributed by atoms with Crippen LogP contribution in [0, 0.1) is 10.1 Å². The monoisotopic (exact) mass is 432 g/mol. The first-order valence-corrected chi connectivity index (χ1v) is 8.99. The highest BCUT2D eigenvalue weighted by Crippen LogP contribution is 2.33. The number of methoxy groups -OCH3 is 1. The number of non-ortho nitro benzene ring substituents is 1. The molecule has 3 rings (SSSR count). The van der Waals surface area contributed by atoms with Crippen molar-refractivity contribution in [2.45, 2.75) is 0 Å². The molecule has 0 saturated carbocycles. The van der Waals surface area contributed by atoms with Gasteiger partial charge in [0.1, 0.15) is 11.5 Å². The third kappa shape index (κ3) is 4.96. The molecule has 0 heterocycles. The first-order chi connectivity index (χ1) is 13.9. The van der Waals surface area contributed by atoms with Crippen molar-refractivity contribution in [1.82, 2.24) is 0 Å². The van der Waals surface area contributed by atoms with Crippen molar-refractivity contribution in [3.63, 3.8) is 0 Å². The molecule has 0 saturated heterocycles. The molecular formula is C20H14Cl2N2O5. The lowest BCUT2D eigenvalue weighted by molar-refractivity contribution is -0.384. The molecule has 0 aliphatic rings. The van der Waals surface area contributed by atoms with Gasteiger partial charge in [0.05, 0.1) is 28.3 Å². The molecule has 29 heavy (non-hydrogen) atoms. The summed E-state index contributed by atoms with van der Waals surface area (Å²) in [6.45, 7) is 0. The van der Waals surface area contributed by atoms with Crippen LogP contribution in [0.25, 0.3) is 0 Å². The molecule has 1 N–H and O–H groups in total. The molecule has 3 aromatic carbocycles.